The number of aromatic nitrogens is 1. The van der Waals surface area contributed by atoms with Crippen molar-refractivity contribution in [3.05, 3.63) is 71.4 Å². The summed E-state index contributed by atoms with van der Waals surface area (Å²) < 4.78 is 33.6. The first-order valence-electron chi connectivity index (χ1n) is 9.38. The molecule has 0 saturated carbocycles. The highest BCUT2D eigenvalue weighted by molar-refractivity contribution is 7.90. The van der Waals surface area contributed by atoms with E-state index in [-0.39, 0.29) is 11.5 Å². The van der Waals surface area contributed by atoms with Gasteiger partial charge < -0.3 is 9.84 Å². The zero-order chi connectivity index (χ0) is 19.7. The van der Waals surface area contributed by atoms with Gasteiger partial charge in [-0.05, 0) is 48.9 Å². The van der Waals surface area contributed by atoms with E-state index in [9.17, 15) is 13.5 Å². The Morgan fingerprint density at radius 3 is 2.64 bits per heavy atom. The van der Waals surface area contributed by atoms with Crippen LogP contribution in [0.2, 0.25) is 0 Å². The van der Waals surface area contributed by atoms with Crippen LogP contribution in [0.25, 0.3) is 11.3 Å². The molecule has 1 aliphatic rings. The van der Waals surface area contributed by atoms with Crippen LogP contribution in [0.1, 0.15) is 29.5 Å². The second-order valence-electron chi connectivity index (χ2n) is 6.98. The van der Waals surface area contributed by atoms with Crippen LogP contribution < -0.4 is 4.74 Å². The smallest absolute Gasteiger partial charge is 0.268 e. The van der Waals surface area contributed by atoms with Crippen molar-refractivity contribution in [2.75, 3.05) is 7.11 Å². The minimum absolute atomic E-state index is 0.161. The number of hydrogen-bond donors (Lipinski definition) is 1. The minimum Gasteiger partial charge on any atom is -0.497 e. The molecule has 0 atom stereocenters. The molecule has 0 bridgehead atoms. The summed E-state index contributed by atoms with van der Waals surface area (Å²) >= 11 is 0. The first kappa shape index (κ1) is 18.8. The van der Waals surface area contributed by atoms with Crippen LogP contribution in [0.3, 0.4) is 0 Å². The molecule has 0 aliphatic heterocycles. The van der Waals surface area contributed by atoms with Gasteiger partial charge in [0.1, 0.15) is 5.75 Å². The Hall–Kier alpha value is -2.57. The molecule has 2 aromatic carbocycles. The minimum atomic E-state index is -3.85. The number of fused-ring (bicyclic) bond motifs is 3. The standard InChI is InChI=1S/C22H23NO4S/c1-27-18-9-6-10-19(13-18)28(25,26)23-14-17(15-24)21-12-5-3-8-16-7-2-4-11-20(16)22(21)23/h2,4,6-7,9-11,13-14,24H,3,5,8,12,15H2,1H3. The number of aliphatic hydroxyl groups excluding tert-OH is 1. The van der Waals surface area contributed by atoms with E-state index in [4.69, 9.17) is 4.74 Å². The first-order chi connectivity index (χ1) is 13.6. The highest BCUT2D eigenvalue weighted by atomic mass is 32.2. The maximum absolute atomic E-state index is 13.5. The van der Waals surface area contributed by atoms with Crippen molar-refractivity contribution in [3.8, 4) is 17.0 Å². The van der Waals surface area contributed by atoms with Crippen LogP contribution >= 0.6 is 0 Å². The Morgan fingerprint density at radius 2 is 1.86 bits per heavy atom. The topological polar surface area (TPSA) is 68.5 Å². The summed E-state index contributed by atoms with van der Waals surface area (Å²) in [5, 5.41) is 9.91. The van der Waals surface area contributed by atoms with Crippen molar-refractivity contribution in [3.63, 3.8) is 0 Å². The van der Waals surface area contributed by atoms with E-state index in [1.54, 1.807) is 24.4 Å². The molecule has 0 saturated heterocycles. The molecule has 0 unspecified atom stereocenters. The second-order valence-corrected chi connectivity index (χ2v) is 8.80. The highest BCUT2D eigenvalue weighted by Gasteiger charge is 2.28. The van der Waals surface area contributed by atoms with Gasteiger partial charge in [-0.2, -0.15) is 0 Å². The summed E-state index contributed by atoms with van der Waals surface area (Å²) in [4.78, 5) is 0.161. The average Bonchev–Trinajstić information content (AvgIpc) is 3.08. The van der Waals surface area contributed by atoms with E-state index in [1.165, 1.54) is 17.1 Å². The monoisotopic (exact) mass is 397 g/mol. The number of aryl methyl sites for hydroxylation is 1. The number of methoxy groups -OCH3 is 1. The number of hydrogen-bond acceptors (Lipinski definition) is 4. The summed E-state index contributed by atoms with van der Waals surface area (Å²) in [6, 6.07) is 14.4. The lowest BCUT2D eigenvalue weighted by Gasteiger charge is -2.18. The predicted molar refractivity (Wildman–Crippen MR) is 108 cm³/mol. The van der Waals surface area contributed by atoms with Gasteiger partial charge in [0.2, 0.25) is 0 Å². The molecule has 28 heavy (non-hydrogen) atoms. The second kappa shape index (κ2) is 7.45. The van der Waals surface area contributed by atoms with E-state index < -0.39 is 10.0 Å². The van der Waals surface area contributed by atoms with Crippen LogP contribution in [0.15, 0.2) is 59.6 Å². The van der Waals surface area contributed by atoms with Gasteiger partial charge in [0.15, 0.2) is 0 Å². The van der Waals surface area contributed by atoms with E-state index >= 15 is 0 Å². The van der Waals surface area contributed by atoms with Crippen LogP contribution in [-0.4, -0.2) is 24.6 Å². The maximum atomic E-state index is 13.5. The fraction of sp³-hybridized carbons (Fsp3) is 0.273. The molecular weight excluding hydrogens is 374 g/mol. The molecule has 4 rings (SSSR count). The van der Waals surface area contributed by atoms with E-state index in [1.807, 2.05) is 18.2 Å². The molecule has 1 N–H and O–H groups in total. The number of rotatable bonds is 4. The maximum Gasteiger partial charge on any atom is 0.268 e. The number of benzene rings is 2. The highest BCUT2D eigenvalue weighted by Crippen LogP contribution is 2.37. The van der Waals surface area contributed by atoms with Crippen LogP contribution in [-0.2, 0) is 29.5 Å². The third-order valence-electron chi connectivity index (χ3n) is 5.33. The fourth-order valence-corrected chi connectivity index (χ4v) is 5.37. The van der Waals surface area contributed by atoms with E-state index in [0.717, 1.165) is 42.4 Å². The lowest BCUT2D eigenvalue weighted by Crippen LogP contribution is -2.15. The molecule has 1 aromatic heterocycles. The largest absolute Gasteiger partial charge is 0.497 e. The molecule has 6 heteroatoms. The van der Waals surface area contributed by atoms with Gasteiger partial charge in [0.05, 0.1) is 24.3 Å². The van der Waals surface area contributed by atoms with Crippen molar-refractivity contribution in [2.45, 2.75) is 37.2 Å². The lowest BCUT2D eigenvalue weighted by molar-refractivity contribution is 0.280. The van der Waals surface area contributed by atoms with Crippen LogP contribution in [0.4, 0.5) is 0 Å². The van der Waals surface area contributed by atoms with Gasteiger partial charge in [-0.3, -0.25) is 0 Å². The number of aliphatic hydroxyl groups is 1. The lowest BCUT2D eigenvalue weighted by atomic mass is 9.91. The molecule has 5 nitrogen and oxygen atoms in total. The summed E-state index contributed by atoms with van der Waals surface area (Å²) in [5.74, 6) is 0.485. The van der Waals surface area contributed by atoms with Crippen molar-refractivity contribution in [1.82, 2.24) is 3.97 Å². The number of nitrogens with zero attached hydrogens (tertiary/aromatic N) is 1. The van der Waals surface area contributed by atoms with Gasteiger partial charge in [0, 0.05) is 23.4 Å². The van der Waals surface area contributed by atoms with E-state index in [2.05, 4.69) is 6.07 Å². The van der Waals surface area contributed by atoms with Crippen molar-refractivity contribution in [2.24, 2.45) is 0 Å². The Kier molecular flexibility index (Phi) is 5.00. The normalized spacial score (nSPS) is 13.9. The zero-order valence-electron chi connectivity index (χ0n) is 15.8. The summed E-state index contributed by atoms with van der Waals surface area (Å²) in [6.07, 6.45) is 5.23. The summed E-state index contributed by atoms with van der Waals surface area (Å²) in [6.45, 7) is -0.189. The predicted octanol–water partition coefficient (Wildman–Crippen LogP) is 3.77. The van der Waals surface area contributed by atoms with E-state index in [0.29, 0.717) is 17.0 Å². The zero-order valence-corrected chi connectivity index (χ0v) is 16.6. The van der Waals surface area contributed by atoms with Gasteiger partial charge >= 0.3 is 0 Å². The molecule has 1 aliphatic carbocycles. The summed E-state index contributed by atoms with van der Waals surface area (Å²) in [7, 11) is -2.34. The molecule has 0 amide bonds. The molecular formula is C22H23NO4S. The molecule has 0 fully saturated rings. The van der Waals surface area contributed by atoms with Crippen LogP contribution in [0, 0.1) is 0 Å². The first-order valence-corrected chi connectivity index (χ1v) is 10.8. The quantitative estimate of drug-likeness (QED) is 0.728. The van der Waals surface area contributed by atoms with Gasteiger partial charge in [-0.25, -0.2) is 12.4 Å². The third-order valence-corrected chi connectivity index (χ3v) is 6.99. The Labute approximate surface area is 165 Å². The third kappa shape index (κ3) is 3.12. The Balaban J connectivity index is 2.00. The Bertz CT molecular complexity index is 1120. The molecule has 1 heterocycles. The average molecular weight is 397 g/mol. The molecule has 0 spiro atoms. The van der Waals surface area contributed by atoms with Crippen molar-refractivity contribution in [1.29, 1.82) is 0 Å². The van der Waals surface area contributed by atoms with Crippen molar-refractivity contribution >= 4 is 10.0 Å². The summed E-state index contributed by atoms with van der Waals surface area (Å²) in [5.41, 5.74) is 4.30. The fourth-order valence-electron chi connectivity index (χ4n) is 3.92. The molecule has 3 aromatic rings. The number of ether oxygens (including phenoxy) is 1. The van der Waals surface area contributed by atoms with Crippen molar-refractivity contribution < 1.29 is 18.3 Å². The van der Waals surface area contributed by atoms with Gasteiger partial charge in [0.25, 0.3) is 10.0 Å². The molecule has 0 radical (unpaired) electrons. The SMILES string of the molecule is COc1cccc(S(=O)(=O)n2cc(CO)c3c2-c2ccccc2CCCC3)c1. The van der Waals surface area contributed by atoms with Gasteiger partial charge in [-0.15, -0.1) is 0 Å². The Morgan fingerprint density at radius 1 is 1.07 bits per heavy atom. The van der Waals surface area contributed by atoms with Gasteiger partial charge in [-0.1, -0.05) is 30.3 Å². The van der Waals surface area contributed by atoms with Crippen LogP contribution in [0.5, 0.6) is 5.75 Å². The molecule has 146 valence electrons.